The van der Waals surface area contributed by atoms with Gasteiger partial charge in [0.2, 0.25) is 0 Å². The van der Waals surface area contributed by atoms with Crippen molar-refractivity contribution in [2.45, 2.75) is 26.1 Å². The highest BCUT2D eigenvalue weighted by Crippen LogP contribution is 2.19. The molecule has 1 rings (SSSR count). The highest BCUT2D eigenvalue weighted by molar-refractivity contribution is 9.09. The molecule has 0 N–H and O–H groups in total. The van der Waals surface area contributed by atoms with Crippen molar-refractivity contribution in [1.82, 2.24) is 9.55 Å². The molecule has 8 heteroatoms. The zero-order valence-electron chi connectivity index (χ0n) is 10.6. The quantitative estimate of drug-likeness (QED) is 0.772. The fourth-order valence-electron chi connectivity index (χ4n) is 1.62. The first-order valence-electron chi connectivity index (χ1n) is 5.71. The van der Waals surface area contributed by atoms with Gasteiger partial charge in [-0.25, -0.2) is 4.98 Å². The van der Waals surface area contributed by atoms with Crippen LogP contribution in [0.25, 0.3) is 0 Å². The molecule has 1 heterocycles. The topological polar surface area (TPSA) is 38.1 Å². The zero-order valence-corrected chi connectivity index (χ0v) is 12.2. The molecule has 4 nitrogen and oxygen atoms in total. The fourth-order valence-corrected chi connectivity index (χ4v) is 2.04. The number of hydrogen-bond donors (Lipinski definition) is 0. The minimum Gasteiger partial charge on any atom is -0.342 e. The van der Waals surface area contributed by atoms with Crippen LogP contribution < -0.4 is 10.5 Å². The lowest BCUT2D eigenvalue weighted by molar-refractivity contribution is -0.119. The van der Waals surface area contributed by atoms with Crippen LogP contribution in [0.3, 0.4) is 0 Å². The Kier molecular flexibility index (Phi) is 5.39. The summed E-state index contributed by atoms with van der Waals surface area (Å²) in [6, 6.07) is -0.133. The number of anilines is 1. The van der Waals surface area contributed by atoms with Crippen molar-refractivity contribution in [3.05, 3.63) is 22.7 Å². The molecule has 108 valence electrons. The van der Waals surface area contributed by atoms with Gasteiger partial charge >= 0.3 is 6.18 Å². The van der Waals surface area contributed by atoms with Crippen LogP contribution in [-0.2, 0) is 0 Å². The van der Waals surface area contributed by atoms with Gasteiger partial charge in [-0.05, 0) is 13.8 Å². The van der Waals surface area contributed by atoms with Crippen molar-refractivity contribution in [1.29, 1.82) is 0 Å². The normalized spacial score (nSPS) is 11.9. The Morgan fingerprint density at radius 1 is 1.47 bits per heavy atom. The predicted molar refractivity (Wildman–Crippen MR) is 70.9 cm³/mol. The van der Waals surface area contributed by atoms with Crippen LogP contribution in [0.1, 0.15) is 19.9 Å². The van der Waals surface area contributed by atoms with Crippen molar-refractivity contribution in [2.75, 3.05) is 23.3 Å². The van der Waals surface area contributed by atoms with Gasteiger partial charge in [-0.15, -0.1) is 0 Å². The maximum Gasteiger partial charge on any atom is 0.405 e. The summed E-state index contributed by atoms with van der Waals surface area (Å²) in [6.45, 7) is 2.43. The van der Waals surface area contributed by atoms with E-state index in [-0.39, 0.29) is 18.4 Å². The molecule has 0 saturated heterocycles. The first-order chi connectivity index (χ1) is 8.76. The van der Waals surface area contributed by atoms with Crippen molar-refractivity contribution >= 4 is 21.7 Å². The van der Waals surface area contributed by atoms with E-state index in [1.54, 1.807) is 13.8 Å². The molecule has 0 bridgehead atoms. The third-order valence-corrected chi connectivity index (χ3v) is 2.78. The Morgan fingerprint density at radius 2 is 2.11 bits per heavy atom. The van der Waals surface area contributed by atoms with Crippen LogP contribution in [0, 0.1) is 0 Å². The molecule has 1 aromatic rings. The third kappa shape index (κ3) is 4.52. The van der Waals surface area contributed by atoms with Gasteiger partial charge in [0.15, 0.2) is 5.82 Å². The first-order valence-corrected chi connectivity index (χ1v) is 6.83. The lowest BCUT2D eigenvalue weighted by atomic mass is 10.3. The van der Waals surface area contributed by atoms with Crippen molar-refractivity contribution in [3.63, 3.8) is 0 Å². The summed E-state index contributed by atoms with van der Waals surface area (Å²) in [4.78, 5) is 16.8. The predicted octanol–water partition coefficient (Wildman–Crippen LogP) is 2.59. The van der Waals surface area contributed by atoms with E-state index in [4.69, 9.17) is 0 Å². The van der Waals surface area contributed by atoms with Crippen molar-refractivity contribution < 1.29 is 13.2 Å². The Labute approximate surface area is 117 Å². The number of hydrogen-bond acceptors (Lipinski definition) is 3. The molecule has 0 aliphatic rings. The molecular weight excluding hydrogens is 327 g/mol. The van der Waals surface area contributed by atoms with Gasteiger partial charge in [-0.3, -0.25) is 4.79 Å². The van der Waals surface area contributed by atoms with Gasteiger partial charge < -0.3 is 9.47 Å². The molecule has 0 aromatic carbocycles. The van der Waals surface area contributed by atoms with Crippen molar-refractivity contribution in [2.24, 2.45) is 0 Å². The van der Waals surface area contributed by atoms with Gasteiger partial charge in [0.1, 0.15) is 6.54 Å². The number of nitrogens with zero attached hydrogens (tertiary/aromatic N) is 3. The highest BCUT2D eigenvalue weighted by atomic mass is 79.9. The number of rotatable bonds is 5. The van der Waals surface area contributed by atoms with Gasteiger partial charge in [-0.2, -0.15) is 13.2 Å². The molecule has 0 fully saturated rings. The van der Waals surface area contributed by atoms with Crippen LogP contribution in [-0.4, -0.2) is 34.1 Å². The lowest BCUT2D eigenvalue weighted by Crippen LogP contribution is -2.40. The van der Waals surface area contributed by atoms with E-state index in [9.17, 15) is 18.0 Å². The summed E-state index contributed by atoms with van der Waals surface area (Å²) >= 11 is 3.08. The standard InChI is InChI=1S/C11H15BrF3N3O/c1-8(2)18-6-4-16-9(10(18)19)17(5-3-12)7-11(13,14)15/h4,6,8H,3,5,7H2,1-2H3. The largest absolute Gasteiger partial charge is 0.405 e. The Hall–Kier alpha value is -1.05. The van der Waals surface area contributed by atoms with Crippen molar-refractivity contribution in [3.8, 4) is 0 Å². The van der Waals surface area contributed by atoms with Gasteiger partial charge in [0.05, 0.1) is 0 Å². The fraction of sp³-hybridized carbons (Fsp3) is 0.636. The van der Waals surface area contributed by atoms with E-state index >= 15 is 0 Å². The zero-order chi connectivity index (χ0) is 14.6. The summed E-state index contributed by atoms with van der Waals surface area (Å²) in [6.07, 6.45) is -1.57. The lowest BCUT2D eigenvalue weighted by Gasteiger charge is -2.24. The van der Waals surface area contributed by atoms with E-state index in [1.807, 2.05) is 0 Å². The summed E-state index contributed by atoms with van der Waals surface area (Å²) in [5.41, 5.74) is -0.511. The summed E-state index contributed by atoms with van der Waals surface area (Å²) in [5, 5.41) is 0.320. The molecule has 1 aromatic heterocycles. The molecule has 0 aliphatic carbocycles. The van der Waals surface area contributed by atoms with Crippen LogP contribution in [0.4, 0.5) is 19.0 Å². The minimum absolute atomic E-state index is 0.0594. The maximum absolute atomic E-state index is 12.5. The highest BCUT2D eigenvalue weighted by Gasteiger charge is 2.32. The Bertz CT molecular complexity index is 473. The van der Waals surface area contributed by atoms with Gasteiger partial charge in [0, 0.05) is 30.3 Å². The van der Waals surface area contributed by atoms with Crippen LogP contribution in [0.5, 0.6) is 0 Å². The molecule has 0 unspecified atom stereocenters. The summed E-state index contributed by atoms with van der Waals surface area (Å²) < 4.78 is 38.9. The second-order valence-corrected chi connectivity index (χ2v) is 5.08. The van der Waals surface area contributed by atoms with Crippen LogP contribution in [0.15, 0.2) is 17.2 Å². The van der Waals surface area contributed by atoms with E-state index in [2.05, 4.69) is 20.9 Å². The molecule has 0 aliphatic heterocycles. The van der Waals surface area contributed by atoms with Gasteiger partial charge in [-0.1, -0.05) is 15.9 Å². The van der Waals surface area contributed by atoms with Crippen LogP contribution in [0.2, 0.25) is 0 Å². The second-order valence-electron chi connectivity index (χ2n) is 4.28. The van der Waals surface area contributed by atoms with E-state index in [0.717, 1.165) is 4.90 Å². The maximum atomic E-state index is 12.5. The molecule has 0 radical (unpaired) electrons. The molecule has 0 saturated carbocycles. The summed E-state index contributed by atoms with van der Waals surface area (Å²) in [5.74, 6) is -0.173. The molecule has 0 spiro atoms. The second kappa shape index (κ2) is 6.40. The van der Waals surface area contributed by atoms with E-state index in [0.29, 0.717) is 5.33 Å². The minimum atomic E-state index is -4.38. The average molecular weight is 342 g/mol. The number of halogens is 4. The molecule has 0 atom stereocenters. The molecule has 19 heavy (non-hydrogen) atoms. The smallest absolute Gasteiger partial charge is 0.342 e. The van der Waals surface area contributed by atoms with E-state index < -0.39 is 18.3 Å². The molecular formula is C11H15BrF3N3O. The Morgan fingerprint density at radius 3 is 2.58 bits per heavy atom. The monoisotopic (exact) mass is 341 g/mol. The van der Waals surface area contributed by atoms with Gasteiger partial charge in [0.25, 0.3) is 5.56 Å². The third-order valence-electron chi connectivity index (χ3n) is 2.43. The Balaban J connectivity index is 3.16. The van der Waals surface area contributed by atoms with E-state index in [1.165, 1.54) is 17.0 Å². The first kappa shape index (κ1) is 16.0. The van der Waals surface area contributed by atoms with Crippen LogP contribution >= 0.6 is 15.9 Å². The number of alkyl halides is 4. The average Bonchev–Trinajstić information content (AvgIpc) is 2.26. The number of aromatic nitrogens is 2. The molecule has 0 amide bonds. The SMILES string of the molecule is CC(C)n1ccnc(N(CCBr)CC(F)(F)F)c1=O. The summed E-state index contributed by atoms with van der Waals surface area (Å²) in [7, 11) is 0.